The zero-order valence-corrected chi connectivity index (χ0v) is 22.9. The van der Waals surface area contributed by atoms with E-state index in [2.05, 4.69) is 18.2 Å². The Kier molecular flexibility index (Phi) is 10.1. The van der Waals surface area contributed by atoms with Gasteiger partial charge < -0.3 is 20.9 Å². The summed E-state index contributed by atoms with van der Waals surface area (Å²) >= 11 is 0. The molecule has 1 aromatic rings. The highest BCUT2D eigenvalue weighted by Crippen LogP contribution is 2.32. The average Bonchev–Trinajstić information content (AvgIpc) is 2.86. The Balaban J connectivity index is 0.000000402. The number of amides is 2. The Morgan fingerprint density at radius 2 is 1.92 bits per heavy atom. The number of nitrogens with two attached hydrogens (primary N) is 2. The van der Waals surface area contributed by atoms with Crippen LogP contribution in [0.5, 0.6) is 5.75 Å². The third kappa shape index (κ3) is 7.97. The Hall–Kier alpha value is -3.55. The topological polar surface area (TPSA) is 120 Å². The molecule has 0 fully saturated rings. The summed E-state index contributed by atoms with van der Waals surface area (Å²) in [6.07, 6.45) is 7.57. The van der Waals surface area contributed by atoms with Gasteiger partial charge in [-0.3, -0.25) is 14.5 Å². The zero-order chi connectivity index (χ0) is 27.8. The molecule has 8 nitrogen and oxygen atoms in total. The quantitative estimate of drug-likeness (QED) is 0.510. The van der Waals surface area contributed by atoms with E-state index in [-0.39, 0.29) is 18.4 Å². The van der Waals surface area contributed by atoms with E-state index in [1.54, 1.807) is 24.3 Å². The van der Waals surface area contributed by atoms with E-state index in [0.717, 1.165) is 38.0 Å². The number of carbonyl (C=O) groups is 2. The van der Waals surface area contributed by atoms with Crippen molar-refractivity contribution in [3.05, 3.63) is 66.0 Å². The van der Waals surface area contributed by atoms with E-state index in [1.807, 2.05) is 40.7 Å². The maximum atomic E-state index is 12.8. The van der Waals surface area contributed by atoms with Crippen molar-refractivity contribution in [2.45, 2.75) is 84.4 Å². The maximum absolute atomic E-state index is 12.8. The van der Waals surface area contributed by atoms with Crippen LogP contribution < -0.4 is 16.2 Å². The van der Waals surface area contributed by atoms with Crippen LogP contribution in [0.4, 0.5) is 0 Å². The van der Waals surface area contributed by atoms with Crippen LogP contribution >= 0.6 is 0 Å². The number of rotatable bonds is 8. The number of benzene rings is 1. The molecule has 2 heterocycles. The van der Waals surface area contributed by atoms with Crippen molar-refractivity contribution < 1.29 is 19.1 Å². The van der Waals surface area contributed by atoms with E-state index in [9.17, 15) is 9.59 Å². The van der Waals surface area contributed by atoms with Crippen molar-refractivity contribution in [1.82, 2.24) is 4.90 Å². The number of allylic oxidation sites excluding steroid dienone is 3. The second kappa shape index (κ2) is 12.6. The summed E-state index contributed by atoms with van der Waals surface area (Å²) in [4.78, 5) is 30.4. The number of ether oxygens (including phenoxy) is 2. The van der Waals surface area contributed by atoms with Crippen LogP contribution in [0, 0.1) is 0 Å². The third-order valence-corrected chi connectivity index (χ3v) is 6.41. The van der Waals surface area contributed by atoms with Crippen LogP contribution in [-0.2, 0) is 16.1 Å². The number of guanidine groups is 1. The van der Waals surface area contributed by atoms with Crippen molar-refractivity contribution >= 4 is 17.8 Å². The molecule has 0 saturated carbocycles. The average molecular weight is 511 g/mol. The van der Waals surface area contributed by atoms with Crippen LogP contribution in [0.25, 0.3) is 0 Å². The van der Waals surface area contributed by atoms with Gasteiger partial charge in [-0.05, 0) is 76.3 Å². The molecule has 0 aliphatic carbocycles. The van der Waals surface area contributed by atoms with Crippen molar-refractivity contribution in [3.8, 4) is 5.75 Å². The normalized spacial score (nSPS) is 17.2. The summed E-state index contributed by atoms with van der Waals surface area (Å²) in [6.45, 7) is 18.1. The summed E-state index contributed by atoms with van der Waals surface area (Å²) in [5, 5.41) is 0. The molecule has 37 heavy (non-hydrogen) atoms. The van der Waals surface area contributed by atoms with Crippen molar-refractivity contribution in [1.29, 1.82) is 0 Å². The highest BCUT2D eigenvalue weighted by Gasteiger charge is 2.37. The lowest BCUT2D eigenvalue weighted by Gasteiger charge is -2.36. The molecule has 0 saturated heterocycles. The monoisotopic (exact) mass is 510 g/mol. The molecule has 202 valence electrons. The molecule has 0 spiro atoms. The van der Waals surface area contributed by atoms with Gasteiger partial charge in [0.1, 0.15) is 17.1 Å². The third-order valence-electron chi connectivity index (χ3n) is 6.41. The summed E-state index contributed by atoms with van der Waals surface area (Å²) < 4.78 is 11.3. The van der Waals surface area contributed by atoms with Gasteiger partial charge in [-0.2, -0.15) is 0 Å². The van der Waals surface area contributed by atoms with Crippen molar-refractivity contribution in [2.24, 2.45) is 16.5 Å². The first-order valence-electron chi connectivity index (χ1n) is 12.8. The van der Waals surface area contributed by atoms with Crippen LogP contribution in [0.3, 0.4) is 0 Å². The molecule has 4 N–H and O–H groups in total. The van der Waals surface area contributed by atoms with E-state index in [4.69, 9.17) is 20.9 Å². The molecule has 8 heteroatoms. The Bertz CT molecular complexity index is 1060. The first kappa shape index (κ1) is 29.7. The van der Waals surface area contributed by atoms with Crippen molar-refractivity contribution in [2.75, 3.05) is 6.61 Å². The molecule has 2 amide bonds. The molecule has 3 rings (SSSR count). The van der Waals surface area contributed by atoms with Crippen LogP contribution in [0.15, 0.2) is 59.8 Å². The molecule has 0 radical (unpaired) electrons. The lowest BCUT2D eigenvalue weighted by atomic mass is 9.88. The Morgan fingerprint density at radius 1 is 1.24 bits per heavy atom. The highest BCUT2D eigenvalue weighted by molar-refractivity contribution is 5.99. The number of nitrogens with zero attached hydrogens (tertiary/aromatic N) is 2. The number of hydrogen-bond acceptors (Lipinski definition) is 6. The van der Waals surface area contributed by atoms with Gasteiger partial charge in [0.2, 0.25) is 11.8 Å². The van der Waals surface area contributed by atoms with E-state index in [0.29, 0.717) is 23.3 Å². The zero-order valence-electron chi connectivity index (χ0n) is 22.9. The fraction of sp³-hybridized carbons (Fsp3) is 0.483. The van der Waals surface area contributed by atoms with Gasteiger partial charge in [0.15, 0.2) is 5.96 Å². The summed E-state index contributed by atoms with van der Waals surface area (Å²) in [5.41, 5.74) is 12.9. The van der Waals surface area contributed by atoms with Crippen LogP contribution in [0.1, 0.15) is 82.6 Å². The molecule has 0 aromatic heterocycles. The van der Waals surface area contributed by atoms with Crippen LogP contribution in [-0.4, -0.2) is 40.4 Å². The minimum Gasteiger partial charge on any atom is -0.493 e. The SMILES string of the molecule is C=CC1=C(C=C)OCCC1.CCC1(CC)CC(=O)N(Cc2cc(C(N)=O)ccc2OC(C)(C)C)C(N)=N1. The minimum atomic E-state index is -0.541. The van der Waals surface area contributed by atoms with Gasteiger partial charge in [-0.15, -0.1) is 0 Å². The number of carbonyl (C=O) groups excluding carboxylic acids is 2. The first-order valence-corrected chi connectivity index (χ1v) is 12.8. The molecular formula is C29H42N4O4. The minimum absolute atomic E-state index is 0.0858. The molecule has 1 aromatic carbocycles. The van der Waals surface area contributed by atoms with E-state index >= 15 is 0 Å². The summed E-state index contributed by atoms with van der Waals surface area (Å²) in [7, 11) is 0. The lowest BCUT2D eigenvalue weighted by molar-refractivity contribution is -0.130. The number of hydrogen-bond donors (Lipinski definition) is 2. The number of primary amides is 1. The standard InChI is InChI=1S/C20H30N4O3.C9H12O/c1-6-20(7-2)11-16(25)24(18(22)23-20)12-14-10-13(17(21)26)8-9-15(14)27-19(3,4)5;1-3-8-6-5-7-10-9(8)4-2/h8-10H,6-7,11-12H2,1-5H3,(H2,21,26)(H2,22,23);3-4H,1-2,5-7H2. The molecule has 2 aliphatic heterocycles. The molecule has 0 unspecified atom stereocenters. The fourth-order valence-corrected chi connectivity index (χ4v) is 4.18. The second-order valence-corrected chi connectivity index (χ2v) is 10.2. The van der Waals surface area contributed by atoms with Gasteiger partial charge in [-0.25, -0.2) is 4.99 Å². The predicted octanol–water partition coefficient (Wildman–Crippen LogP) is 4.99. The van der Waals surface area contributed by atoms with Crippen LogP contribution in [0.2, 0.25) is 0 Å². The smallest absolute Gasteiger partial charge is 0.248 e. The molecular weight excluding hydrogens is 468 g/mol. The van der Waals surface area contributed by atoms with E-state index < -0.39 is 17.0 Å². The fourth-order valence-electron chi connectivity index (χ4n) is 4.18. The second-order valence-electron chi connectivity index (χ2n) is 10.2. The van der Waals surface area contributed by atoms with Gasteiger partial charge in [0.25, 0.3) is 0 Å². The molecule has 0 bridgehead atoms. The summed E-state index contributed by atoms with van der Waals surface area (Å²) in [6, 6.07) is 4.96. The van der Waals surface area contributed by atoms with Gasteiger partial charge in [0, 0.05) is 11.1 Å². The predicted molar refractivity (Wildman–Crippen MR) is 148 cm³/mol. The molecule has 0 atom stereocenters. The Labute approximate surface area is 221 Å². The lowest BCUT2D eigenvalue weighted by Crippen LogP contribution is -2.50. The van der Waals surface area contributed by atoms with Gasteiger partial charge in [0.05, 0.1) is 25.1 Å². The molecule has 2 aliphatic rings. The Morgan fingerprint density at radius 3 is 2.41 bits per heavy atom. The van der Waals surface area contributed by atoms with Gasteiger partial charge >= 0.3 is 0 Å². The largest absolute Gasteiger partial charge is 0.493 e. The summed E-state index contributed by atoms with van der Waals surface area (Å²) in [5.74, 6) is 1.05. The number of aliphatic imine (C=N–C) groups is 1. The maximum Gasteiger partial charge on any atom is 0.248 e. The highest BCUT2D eigenvalue weighted by atomic mass is 16.5. The van der Waals surface area contributed by atoms with Crippen molar-refractivity contribution in [3.63, 3.8) is 0 Å². The first-order chi connectivity index (χ1) is 17.4. The van der Waals surface area contributed by atoms with Gasteiger partial charge in [-0.1, -0.05) is 33.1 Å². The van der Waals surface area contributed by atoms with E-state index in [1.165, 1.54) is 10.5 Å².